The molecule has 5 rings (SSSR count). The third kappa shape index (κ3) is 2.56. The Balaban J connectivity index is 1.75. The lowest BCUT2D eigenvalue weighted by molar-refractivity contribution is 0.105. The average Bonchev–Trinajstić information content (AvgIpc) is 3.34. The highest BCUT2D eigenvalue weighted by atomic mass is 16.1. The van der Waals surface area contributed by atoms with Gasteiger partial charge in [0.2, 0.25) is 5.96 Å². The van der Waals surface area contributed by atoms with E-state index >= 15 is 0 Å². The van der Waals surface area contributed by atoms with Gasteiger partial charge in [-0.2, -0.15) is 5.10 Å². The van der Waals surface area contributed by atoms with E-state index in [9.17, 15) is 4.79 Å². The van der Waals surface area contributed by atoms with Crippen LogP contribution < -0.4 is 0 Å². The summed E-state index contributed by atoms with van der Waals surface area (Å²) in [5.74, 6) is 0.541. The number of para-hydroxylation sites is 1. The minimum atomic E-state index is -0.0472. The van der Waals surface area contributed by atoms with Gasteiger partial charge in [0.1, 0.15) is 11.4 Å². The van der Waals surface area contributed by atoms with Crippen molar-refractivity contribution in [3.63, 3.8) is 0 Å². The summed E-state index contributed by atoms with van der Waals surface area (Å²) in [4.78, 5) is 24.8. The molecule has 0 radical (unpaired) electrons. The molecule has 0 N–H and O–H groups in total. The van der Waals surface area contributed by atoms with Crippen LogP contribution in [-0.2, 0) is 0 Å². The molecule has 6 heteroatoms. The molecule has 1 aromatic heterocycles. The Bertz CT molecular complexity index is 1250. The van der Waals surface area contributed by atoms with Crippen LogP contribution in [0.25, 0.3) is 11.3 Å². The second-order valence-corrected chi connectivity index (χ2v) is 7.26. The van der Waals surface area contributed by atoms with Crippen molar-refractivity contribution in [2.75, 3.05) is 14.1 Å². The van der Waals surface area contributed by atoms with Gasteiger partial charge in [0.05, 0.1) is 17.5 Å². The third-order valence-corrected chi connectivity index (χ3v) is 5.22. The van der Waals surface area contributed by atoms with Crippen molar-refractivity contribution < 1.29 is 4.79 Å². The third-order valence-electron chi connectivity index (χ3n) is 5.22. The summed E-state index contributed by atoms with van der Waals surface area (Å²) in [7, 11) is 3.79. The molecule has 29 heavy (non-hydrogen) atoms. The smallest absolute Gasteiger partial charge is 0.226 e. The molecule has 1 aliphatic heterocycles. The van der Waals surface area contributed by atoms with Gasteiger partial charge < -0.3 is 4.90 Å². The molecule has 0 amide bonds. The van der Waals surface area contributed by atoms with Gasteiger partial charge in [0, 0.05) is 36.5 Å². The summed E-state index contributed by atoms with van der Waals surface area (Å²) in [5, 5.41) is 4.55. The van der Waals surface area contributed by atoms with Crippen molar-refractivity contribution in [2.24, 2.45) is 9.98 Å². The standard InChI is InChI=1S/C23H19N5O/c1-14-18(13-24-28(14)15-9-5-4-6-10-15)19-21-20(25-23(26-21)27(2)3)16-11-7-8-12-17(16)22(19)29/h4-13H,1-3H3. The first-order chi connectivity index (χ1) is 14.1. The van der Waals surface area contributed by atoms with Gasteiger partial charge in [-0.15, -0.1) is 0 Å². The largest absolute Gasteiger partial charge is 0.347 e. The van der Waals surface area contributed by atoms with E-state index in [0.717, 1.165) is 28.2 Å². The maximum absolute atomic E-state index is 13.5. The summed E-state index contributed by atoms with van der Waals surface area (Å²) in [6.07, 6.45) is 1.75. The molecule has 0 unspecified atom stereocenters. The number of aromatic nitrogens is 2. The number of nitrogens with zero attached hydrogens (tertiary/aromatic N) is 5. The predicted octanol–water partition coefficient (Wildman–Crippen LogP) is 3.51. The molecule has 2 aliphatic rings. The summed E-state index contributed by atoms with van der Waals surface area (Å²) in [5.41, 5.74) is 6.00. The number of benzene rings is 2. The van der Waals surface area contributed by atoms with E-state index in [2.05, 4.69) is 5.10 Å². The summed E-state index contributed by atoms with van der Waals surface area (Å²) in [6, 6.07) is 17.5. The number of fused-ring (bicyclic) bond motifs is 3. The number of carbonyl (C=O) groups is 1. The Hall–Kier alpha value is -3.80. The van der Waals surface area contributed by atoms with Gasteiger partial charge in [-0.1, -0.05) is 42.5 Å². The zero-order chi connectivity index (χ0) is 20.1. The molecular formula is C23H19N5O. The van der Waals surface area contributed by atoms with Gasteiger partial charge in [-0.3, -0.25) is 4.79 Å². The molecule has 2 heterocycles. The van der Waals surface area contributed by atoms with Crippen molar-refractivity contribution in [2.45, 2.75) is 6.92 Å². The van der Waals surface area contributed by atoms with E-state index in [1.54, 1.807) is 6.20 Å². The lowest BCUT2D eigenvalue weighted by Crippen LogP contribution is -2.20. The zero-order valence-electron chi connectivity index (χ0n) is 16.4. The van der Waals surface area contributed by atoms with E-state index in [-0.39, 0.29) is 5.78 Å². The number of hydrogen-bond donors (Lipinski definition) is 0. The fraction of sp³-hybridized carbons (Fsp3) is 0.130. The van der Waals surface area contributed by atoms with Crippen LogP contribution in [0.4, 0.5) is 0 Å². The maximum atomic E-state index is 13.5. The monoisotopic (exact) mass is 381 g/mol. The van der Waals surface area contributed by atoms with E-state index < -0.39 is 0 Å². The van der Waals surface area contributed by atoms with E-state index in [1.165, 1.54) is 0 Å². The van der Waals surface area contributed by atoms with Crippen LogP contribution in [0, 0.1) is 6.92 Å². The highest BCUT2D eigenvalue weighted by molar-refractivity contribution is 6.43. The molecule has 0 saturated carbocycles. The van der Waals surface area contributed by atoms with Crippen LogP contribution in [0.1, 0.15) is 27.2 Å². The minimum absolute atomic E-state index is 0.0472. The van der Waals surface area contributed by atoms with Crippen LogP contribution in [0.5, 0.6) is 0 Å². The van der Waals surface area contributed by atoms with E-state index in [0.29, 0.717) is 22.8 Å². The number of guanidine groups is 1. The molecule has 3 aromatic rings. The quantitative estimate of drug-likeness (QED) is 0.682. The number of rotatable bonds is 2. The Morgan fingerprint density at radius 1 is 0.862 bits per heavy atom. The van der Waals surface area contributed by atoms with Crippen molar-refractivity contribution in [3.8, 4) is 5.69 Å². The van der Waals surface area contributed by atoms with Crippen LogP contribution in [0.15, 0.2) is 76.5 Å². The predicted molar refractivity (Wildman–Crippen MR) is 114 cm³/mol. The van der Waals surface area contributed by atoms with Crippen molar-refractivity contribution in [1.82, 2.24) is 14.7 Å². The summed E-state index contributed by atoms with van der Waals surface area (Å²) < 4.78 is 1.85. The second-order valence-electron chi connectivity index (χ2n) is 7.26. The van der Waals surface area contributed by atoms with Gasteiger partial charge in [0.25, 0.3) is 0 Å². The van der Waals surface area contributed by atoms with Crippen molar-refractivity contribution >= 4 is 23.0 Å². The number of hydrogen-bond acceptors (Lipinski definition) is 5. The molecule has 0 bridgehead atoms. The lowest BCUT2D eigenvalue weighted by Gasteiger charge is -2.19. The fourth-order valence-electron chi connectivity index (χ4n) is 3.76. The van der Waals surface area contributed by atoms with Gasteiger partial charge in [-0.05, 0) is 19.1 Å². The number of Topliss-reactive ketones (excluding diaryl/α,β-unsaturated/α-hetero) is 1. The fourth-order valence-corrected chi connectivity index (χ4v) is 3.76. The Kier molecular flexibility index (Phi) is 3.81. The summed E-state index contributed by atoms with van der Waals surface area (Å²) in [6.45, 7) is 1.97. The van der Waals surface area contributed by atoms with Crippen LogP contribution in [0.2, 0.25) is 0 Å². The molecule has 0 fully saturated rings. The van der Waals surface area contributed by atoms with E-state index in [1.807, 2.05) is 85.2 Å². The molecule has 2 aromatic carbocycles. The minimum Gasteiger partial charge on any atom is -0.347 e. The maximum Gasteiger partial charge on any atom is 0.226 e. The summed E-state index contributed by atoms with van der Waals surface area (Å²) >= 11 is 0. The highest BCUT2D eigenvalue weighted by Gasteiger charge is 2.36. The van der Waals surface area contributed by atoms with Crippen molar-refractivity contribution in [3.05, 3.63) is 88.9 Å². The number of allylic oxidation sites excluding steroid dienone is 2. The Labute approximate surface area is 168 Å². The molecule has 142 valence electrons. The van der Waals surface area contributed by atoms with Gasteiger partial charge in [0.15, 0.2) is 5.78 Å². The topological polar surface area (TPSA) is 62.9 Å². The highest BCUT2D eigenvalue weighted by Crippen LogP contribution is 2.37. The lowest BCUT2D eigenvalue weighted by atomic mass is 9.84. The average molecular weight is 381 g/mol. The molecule has 0 atom stereocenters. The molecule has 0 saturated heterocycles. The number of ketones is 1. The normalized spacial score (nSPS) is 15.1. The first-order valence-electron chi connectivity index (χ1n) is 9.40. The zero-order valence-corrected chi connectivity index (χ0v) is 16.4. The molecule has 1 aliphatic carbocycles. The number of carbonyl (C=O) groups excluding carboxylic acids is 1. The van der Waals surface area contributed by atoms with Gasteiger partial charge in [-0.25, -0.2) is 14.7 Å². The van der Waals surface area contributed by atoms with Crippen molar-refractivity contribution in [1.29, 1.82) is 0 Å². The Morgan fingerprint density at radius 3 is 2.28 bits per heavy atom. The first-order valence-corrected chi connectivity index (χ1v) is 9.40. The van der Waals surface area contributed by atoms with Crippen LogP contribution in [0.3, 0.4) is 0 Å². The second kappa shape index (κ2) is 6.38. The van der Waals surface area contributed by atoms with Gasteiger partial charge >= 0.3 is 0 Å². The SMILES string of the molecule is Cc1c(C2=C3N=C(N(C)C)N=C3c3ccccc3C2=O)cnn1-c1ccccc1. The number of aliphatic imine (C=N–C) groups is 2. The van der Waals surface area contributed by atoms with E-state index in [4.69, 9.17) is 9.98 Å². The Morgan fingerprint density at radius 2 is 1.55 bits per heavy atom. The molecule has 0 spiro atoms. The first kappa shape index (κ1) is 17.3. The molecule has 6 nitrogen and oxygen atoms in total. The van der Waals surface area contributed by atoms with Crippen LogP contribution in [-0.4, -0.2) is 46.2 Å². The molecular weight excluding hydrogens is 362 g/mol. The van der Waals surface area contributed by atoms with Crippen LogP contribution >= 0.6 is 0 Å².